The van der Waals surface area contributed by atoms with Crippen molar-refractivity contribution < 1.29 is 0 Å². The van der Waals surface area contributed by atoms with E-state index in [0.717, 1.165) is 12.5 Å². The van der Waals surface area contributed by atoms with Gasteiger partial charge in [-0.05, 0) is 36.7 Å². The predicted octanol–water partition coefficient (Wildman–Crippen LogP) is 7.40. The molecule has 0 bridgehead atoms. The smallest absolute Gasteiger partial charge is 0.0945 e. The van der Waals surface area contributed by atoms with Crippen LogP contribution in [-0.4, -0.2) is 25.1 Å². The van der Waals surface area contributed by atoms with Crippen molar-refractivity contribution in [2.24, 2.45) is 5.92 Å². The molecular formula is C22H40N2S2. The highest BCUT2D eigenvalue weighted by molar-refractivity contribution is 8.18. The van der Waals surface area contributed by atoms with Crippen molar-refractivity contribution >= 4 is 23.5 Å². The van der Waals surface area contributed by atoms with Crippen molar-refractivity contribution in [1.29, 1.82) is 0 Å². The average molecular weight is 397 g/mol. The number of hydrogen-bond acceptors (Lipinski definition) is 3. The third-order valence-corrected chi connectivity index (χ3v) is 9.54. The predicted molar refractivity (Wildman–Crippen MR) is 120 cm³/mol. The Morgan fingerprint density at radius 2 is 1.58 bits per heavy atom. The summed E-state index contributed by atoms with van der Waals surface area (Å²) in [5.74, 6) is 3.70. The largest absolute Gasteiger partial charge is 0.337 e. The Kier molecular flexibility index (Phi) is 11.2. The highest BCUT2D eigenvalue weighted by Gasteiger charge is 2.35. The van der Waals surface area contributed by atoms with Crippen LogP contribution < -0.4 is 0 Å². The topological polar surface area (TPSA) is 17.8 Å². The van der Waals surface area contributed by atoms with E-state index in [1.165, 1.54) is 88.6 Å². The molecular weight excluding hydrogens is 356 g/mol. The SMILES string of the molecule is CCCCCCCCCCC1(CCCn2ccnc2)SCC(CC)CS1. The van der Waals surface area contributed by atoms with Gasteiger partial charge in [0.2, 0.25) is 0 Å². The molecule has 1 aliphatic heterocycles. The van der Waals surface area contributed by atoms with Crippen LogP contribution in [-0.2, 0) is 6.54 Å². The monoisotopic (exact) mass is 396 g/mol. The summed E-state index contributed by atoms with van der Waals surface area (Å²) < 4.78 is 2.73. The van der Waals surface area contributed by atoms with Gasteiger partial charge >= 0.3 is 0 Å². The van der Waals surface area contributed by atoms with Gasteiger partial charge in [0, 0.05) is 18.9 Å². The molecule has 1 aliphatic rings. The summed E-state index contributed by atoms with van der Waals surface area (Å²) in [4.78, 5) is 4.18. The first-order valence-corrected chi connectivity index (χ1v) is 13.0. The Morgan fingerprint density at radius 1 is 0.923 bits per heavy atom. The van der Waals surface area contributed by atoms with Gasteiger partial charge in [-0.3, -0.25) is 0 Å². The van der Waals surface area contributed by atoms with Gasteiger partial charge in [-0.25, -0.2) is 4.98 Å². The van der Waals surface area contributed by atoms with Crippen LogP contribution in [0.2, 0.25) is 0 Å². The van der Waals surface area contributed by atoms with Crippen LogP contribution in [0.15, 0.2) is 18.7 Å². The molecule has 26 heavy (non-hydrogen) atoms. The molecule has 0 aromatic carbocycles. The van der Waals surface area contributed by atoms with Gasteiger partial charge in [0.1, 0.15) is 0 Å². The molecule has 0 radical (unpaired) electrons. The lowest BCUT2D eigenvalue weighted by atomic mass is 10.0. The highest BCUT2D eigenvalue weighted by atomic mass is 32.2. The van der Waals surface area contributed by atoms with Gasteiger partial charge in [-0.1, -0.05) is 71.6 Å². The fourth-order valence-corrected chi connectivity index (χ4v) is 7.59. The molecule has 0 atom stereocenters. The van der Waals surface area contributed by atoms with Gasteiger partial charge < -0.3 is 4.57 Å². The van der Waals surface area contributed by atoms with Crippen LogP contribution in [0.3, 0.4) is 0 Å². The van der Waals surface area contributed by atoms with E-state index >= 15 is 0 Å². The van der Waals surface area contributed by atoms with Gasteiger partial charge in [-0.2, -0.15) is 0 Å². The maximum atomic E-state index is 4.18. The van der Waals surface area contributed by atoms with Gasteiger partial charge in [0.05, 0.1) is 10.4 Å². The van der Waals surface area contributed by atoms with Crippen molar-refractivity contribution in [2.75, 3.05) is 11.5 Å². The van der Waals surface area contributed by atoms with Gasteiger partial charge in [0.25, 0.3) is 0 Å². The molecule has 0 spiro atoms. The third kappa shape index (κ3) is 8.29. The molecule has 1 aromatic rings. The van der Waals surface area contributed by atoms with E-state index in [0.29, 0.717) is 4.08 Å². The second-order valence-corrected chi connectivity index (χ2v) is 11.0. The fraction of sp³-hybridized carbons (Fsp3) is 0.864. The standard InChI is InChI=1S/C22H40N2S2/c1-3-5-6-7-8-9-10-11-13-22(25-18-21(4-2)19-26-22)14-12-16-24-17-15-23-20-24/h15,17,20-21H,3-14,16,18-19H2,1-2H3. The Morgan fingerprint density at radius 3 is 2.19 bits per heavy atom. The molecule has 0 amide bonds. The zero-order valence-corrected chi connectivity index (χ0v) is 18.8. The van der Waals surface area contributed by atoms with Crippen molar-refractivity contribution in [1.82, 2.24) is 9.55 Å². The summed E-state index contributed by atoms with van der Waals surface area (Å²) in [5.41, 5.74) is 0. The van der Waals surface area contributed by atoms with E-state index < -0.39 is 0 Å². The number of imidazole rings is 1. The summed E-state index contributed by atoms with van der Waals surface area (Å²) in [6.07, 6.45) is 22.8. The van der Waals surface area contributed by atoms with Crippen LogP contribution in [0.4, 0.5) is 0 Å². The quantitative estimate of drug-likeness (QED) is 0.305. The van der Waals surface area contributed by atoms with E-state index in [-0.39, 0.29) is 0 Å². The van der Waals surface area contributed by atoms with Crippen molar-refractivity contribution in [3.63, 3.8) is 0 Å². The van der Waals surface area contributed by atoms with E-state index in [4.69, 9.17) is 0 Å². The molecule has 4 heteroatoms. The second kappa shape index (κ2) is 13.1. The fourth-order valence-electron chi connectivity index (χ4n) is 3.76. The minimum atomic E-state index is 0.495. The average Bonchev–Trinajstić information content (AvgIpc) is 3.18. The zero-order chi connectivity index (χ0) is 18.5. The van der Waals surface area contributed by atoms with E-state index in [2.05, 4.69) is 53.1 Å². The van der Waals surface area contributed by atoms with E-state index in [1.807, 2.05) is 12.5 Å². The second-order valence-electron chi connectivity index (χ2n) is 7.94. The summed E-state index contributed by atoms with van der Waals surface area (Å²) >= 11 is 4.59. The normalized spacial score (nSPS) is 23.4. The maximum Gasteiger partial charge on any atom is 0.0945 e. The lowest BCUT2D eigenvalue weighted by molar-refractivity contribution is 0.512. The van der Waals surface area contributed by atoms with Crippen LogP contribution in [0.1, 0.15) is 90.9 Å². The molecule has 2 nitrogen and oxygen atoms in total. The number of aromatic nitrogens is 2. The Bertz CT molecular complexity index is 439. The minimum Gasteiger partial charge on any atom is -0.337 e. The first-order chi connectivity index (χ1) is 12.8. The molecule has 1 fully saturated rings. The Hall–Kier alpha value is -0.0900. The lowest BCUT2D eigenvalue weighted by Gasteiger charge is -2.39. The molecule has 0 aliphatic carbocycles. The summed E-state index contributed by atoms with van der Waals surface area (Å²) in [5, 5.41) is 0. The highest BCUT2D eigenvalue weighted by Crippen LogP contribution is 2.50. The van der Waals surface area contributed by atoms with Gasteiger partial charge in [-0.15, -0.1) is 23.5 Å². The number of hydrogen-bond donors (Lipinski definition) is 0. The molecule has 2 rings (SSSR count). The Labute approximate surface area is 170 Å². The molecule has 2 heterocycles. The molecule has 1 aromatic heterocycles. The molecule has 1 saturated heterocycles. The number of aryl methyl sites for hydroxylation is 1. The minimum absolute atomic E-state index is 0.495. The third-order valence-electron chi connectivity index (χ3n) is 5.69. The number of rotatable bonds is 14. The van der Waals surface area contributed by atoms with Crippen molar-refractivity contribution in [3.8, 4) is 0 Å². The van der Waals surface area contributed by atoms with Crippen LogP contribution in [0.25, 0.3) is 0 Å². The van der Waals surface area contributed by atoms with Crippen molar-refractivity contribution in [3.05, 3.63) is 18.7 Å². The number of unbranched alkanes of at least 4 members (excludes halogenated alkanes) is 7. The molecule has 0 N–H and O–H groups in total. The van der Waals surface area contributed by atoms with E-state index in [9.17, 15) is 0 Å². The van der Waals surface area contributed by atoms with Crippen LogP contribution >= 0.6 is 23.5 Å². The van der Waals surface area contributed by atoms with Crippen molar-refractivity contribution in [2.45, 2.75) is 102 Å². The number of thioether (sulfide) groups is 2. The molecule has 0 unspecified atom stereocenters. The number of nitrogens with zero attached hydrogens (tertiary/aromatic N) is 2. The molecule has 150 valence electrons. The summed E-state index contributed by atoms with van der Waals surface area (Å²) in [6.45, 7) is 5.78. The zero-order valence-electron chi connectivity index (χ0n) is 17.1. The summed E-state index contributed by atoms with van der Waals surface area (Å²) in [7, 11) is 0. The first-order valence-electron chi connectivity index (χ1n) is 11.0. The maximum absolute atomic E-state index is 4.18. The summed E-state index contributed by atoms with van der Waals surface area (Å²) in [6, 6.07) is 0. The van der Waals surface area contributed by atoms with Crippen LogP contribution in [0.5, 0.6) is 0 Å². The molecule has 0 saturated carbocycles. The van der Waals surface area contributed by atoms with Crippen LogP contribution in [0, 0.1) is 5.92 Å². The van der Waals surface area contributed by atoms with E-state index in [1.54, 1.807) is 0 Å². The Balaban J connectivity index is 1.69. The first kappa shape index (κ1) is 22.2. The lowest BCUT2D eigenvalue weighted by Crippen LogP contribution is -2.29. The van der Waals surface area contributed by atoms with Gasteiger partial charge in [0.15, 0.2) is 0 Å².